The van der Waals surface area contributed by atoms with Gasteiger partial charge >= 0.3 is 12.0 Å². The average Bonchev–Trinajstić information content (AvgIpc) is 2.38. The Morgan fingerprint density at radius 3 is 2.65 bits per heavy atom. The van der Waals surface area contributed by atoms with Crippen molar-refractivity contribution in [3.05, 3.63) is 0 Å². The number of carbonyl (C=O) groups excluding carboxylic acids is 1. The molecule has 0 aromatic rings. The summed E-state index contributed by atoms with van der Waals surface area (Å²) < 4.78 is 5.40. The molecule has 20 heavy (non-hydrogen) atoms. The van der Waals surface area contributed by atoms with Crippen LogP contribution in [0.15, 0.2) is 0 Å². The third-order valence-electron chi connectivity index (χ3n) is 4.28. The highest BCUT2D eigenvalue weighted by atomic mass is 16.5. The van der Waals surface area contributed by atoms with E-state index in [-0.39, 0.29) is 17.6 Å². The number of ether oxygens (including phenoxy) is 1. The number of rotatable bonds is 2. The molecular formula is C14H24N2O4. The number of carbonyl (C=O) groups is 2. The lowest BCUT2D eigenvalue weighted by Crippen LogP contribution is -2.60. The van der Waals surface area contributed by atoms with Gasteiger partial charge in [0.05, 0.1) is 24.7 Å². The highest BCUT2D eigenvalue weighted by Crippen LogP contribution is 2.26. The molecule has 2 fully saturated rings. The summed E-state index contributed by atoms with van der Waals surface area (Å²) in [6, 6.07) is -0.427. The molecule has 1 heterocycles. The molecule has 1 saturated carbocycles. The second kappa shape index (κ2) is 5.99. The molecule has 1 saturated heterocycles. The normalized spacial score (nSPS) is 29.8. The topological polar surface area (TPSA) is 78.9 Å². The van der Waals surface area contributed by atoms with Gasteiger partial charge in [0.15, 0.2) is 0 Å². The first-order chi connectivity index (χ1) is 9.42. The molecule has 0 aromatic carbocycles. The fourth-order valence-corrected chi connectivity index (χ4v) is 3.07. The molecule has 0 spiro atoms. The van der Waals surface area contributed by atoms with E-state index < -0.39 is 11.9 Å². The summed E-state index contributed by atoms with van der Waals surface area (Å²) >= 11 is 0. The van der Waals surface area contributed by atoms with Crippen LogP contribution in [0.4, 0.5) is 4.79 Å². The molecule has 2 rings (SSSR count). The number of nitrogens with one attached hydrogen (secondary N) is 1. The number of morpholine rings is 1. The molecule has 6 nitrogen and oxygen atoms in total. The van der Waals surface area contributed by atoms with Gasteiger partial charge in [0.1, 0.15) is 0 Å². The van der Waals surface area contributed by atoms with E-state index in [1.54, 1.807) is 4.90 Å². The van der Waals surface area contributed by atoms with Crippen LogP contribution in [0.25, 0.3) is 0 Å². The number of nitrogens with zero attached hydrogens (tertiary/aromatic N) is 1. The summed E-state index contributed by atoms with van der Waals surface area (Å²) in [4.78, 5) is 25.4. The van der Waals surface area contributed by atoms with Crippen molar-refractivity contribution in [2.45, 2.75) is 51.1 Å². The number of urea groups is 1. The van der Waals surface area contributed by atoms with Gasteiger partial charge in [-0.1, -0.05) is 12.8 Å². The molecule has 2 unspecified atom stereocenters. The van der Waals surface area contributed by atoms with Gasteiger partial charge < -0.3 is 20.1 Å². The van der Waals surface area contributed by atoms with Gasteiger partial charge in [-0.25, -0.2) is 4.79 Å². The molecule has 2 aliphatic rings. The third-order valence-corrected chi connectivity index (χ3v) is 4.28. The summed E-state index contributed by atoms with van der Waals surface area (Å²) in [6.07, 6.45) is 3.29. The Balaban J connectivity index is 2.00. The first-order valence-corrected chi connectivity index (χ1v) is 7.30. The number of carboxylic acids is 1. The van der Waals surface area contributed by atoms with Crippen LogP contribution in [0.3, 0.4) is 0 Å². The zero-order valence-corrected chi connectivity index (χ0v) is 12.2. The minimum atomic E-state index is -0.809. The molecule has 114 valence electrons. The Morgan fingerprint density at radius 1 is 1.30 bits per heavy atom. The summed E-state index contributed by atoms with van der Waals surface area (Å²) in [6.45, 7) is 5.50. The SMILES string of the molecule is CC1(C)COCCN1C(=O)NC1CCCCC1C(=O)O. The summed E-state index contributed by atoms with van der Waals surface area (Å²) in [5.74, 6) is -1.27. The molecular weight excluding hydrogens is 260 g/mol. The lowest BCUT2D eigenvalue weighted by molar-refractivity contribution is -0.143. The molecule has 2 N–H and O–H groups in total. The standard InChI is InChI=1S/C14H24N2O4/c1-14(2)9-20-8-7-16(14)13(19)15-11-6-4-3-5-10(11)12(17)18/h10-11H,3-9H2,1-2H3,(H,15,19)(H,17,18). The van der Waals surface area contributed by atoms with Crippen LogP contribution in [-0.4, -0.2) is 53.3 Å². The number of amides is 2. The quantitative estimate of drug-likeness (QED) is 0.804. The minimum absolute atomic E-state index is 0.170. The van der Waals surface area contributed by atoms with E-state index >= 15 is 0 Å². The Morgan fingerprint density at radius 2 is 2.00 bits per heavy atom. The Bertz CT molecular complexity index is 383. The smallest absolute Gasteiger partial charge is 0.318 e. The molecule has 0 bridgehead atoms. The zero-order chi connectivity index (χ0) is 14.8. The van der Waals surface area contributed by atoms with Crippen LogP contribution in [-0.2, 0) is 9.53 Å². The monoisotopic (exact) mass is 284 g/mol. The lowest BCUT2D eigenvalue weighted by Gasteiger charge is -2.43. The van der Waals surface area contributed by atoms with E-state index in [2.05, 4.69) is 5.32 Å². The molecule has 1 aliphatic carbocycles. The Kier molecular flexibility index (Phi) is 4.52. The minimum Gasteiger partial charge on any atom is -0.481 e. The molecule has 2 atom stereocenters. The van der Waals surface area contributed by atoms with Crippen molar-refractivity contribution in [2.75, 3.05) is 19.8 Å². The first kappa shape index (κ1) is 15.1. The predicted molar refractivity (Wildman–Crippen MR) is 73.5 cm³/mol. The number of carboxylic acid groups (broad SMARTS) is 1. The Labute approximate surface area is 119 Å². The van der Waals surface area contributed by atoms with Crippen LogP contribution >= 0.6 is 0 Å². The van der Waals surface area contributed by atoms with Crippen molar-refractivity contribution in [1.82, 2.24) is 10.2 Å². The fourth-order valence-electron chi connectivity index (χ4n) is 3.07. The van der Waals surface area contributed by atoms with E-state index in [1.165, 1.54) is 0 Å². The van der Waals surface area contributed by atoms with Crippen LogP contribution in [0.5, 0.6) is 0 Å². The van der Waals surface area contributed by atoms with Crippen molar-refractivity contribution in [2.24, 2.45) is 5.92 Å². The van der Waals surface area contributed by atoms with Crippen molar-refractivity contribution < 1.29 is 19.4 Å². The lowest BCUT2D eigenvalue weighted by atomic mass is 9.84. The second-order valence-electron chi connectivity index (χ2n) is 6.30. The van der Waals surface area contributed by atoms with Crippen molar-refractivity contribution in [3.8, 4) is 0 Å². The first-order valence-electron chi connectivity index (χ1n) is 7.30. The highest BCUT2D eigenvalue weighted by Gasteiger charge is 2.37. The predicted octanol–water partition coefficient (Wildman–Crippen LogP) is 1.45. The van der Waals surface area contributed by atoms with Gasteiger partial charge in [0, 0.05) is 12.6 Å². The highest BCUT2D eigenvalue weighted by molar-refractivity contribution is 5.77. The van der Waals surface area contributed by atoms with Crippen LogP contribution in [0.2, 0.25) is 0 Å². The number of aliphatic carboxylic acids is 1. The Hall–Kier alpha value is -1.30. The molecule has 0 aromatic heterocycles. The van der Waals surface area contributed by atoms with E-state index in [1.807, 2.05) is 13.8 Å². The summed E-state index contributed by atoms with van der Waals surface area (Å²) in [5.41, 5.74) is -0.351. The molecule has 0 radical (unpaired) electrons. The summed E-state index contributed by atoms with van der Waals surface area (Å²) in [5, 5.41) is 12.2. The molecule has 1 aliphatic heterocycles. The third kappa shape index (κ3) is 3.23. The van der Waals surface area contributed by atoms with Gasteiger partial charge in [0.2, 0.25) is 0 Å². The number of hydrogen-bond donors (Lipinski definition) is 2. The van der Waals surface area contributed by atoms with Crippen LogP contribution in [0, 0.1) is 5.92 Å². The fraction of sp³-hybridized carbons (Fsp3) is 0.857. The van der Waals surface area contributed by atoms with Crippen molar-refractivity contribution in [1.29, 1.82) is 0 Å². The maximum atomic E-state index is 12.4. The van der Waals surface area contributed by atoms with E-state index in [9.17, 15) is 14.7 Å². The second-order valence-corrected chi connectivity index (χ2v) is 6.30. The van der Waals surface area contributed by atoms with Crippen molar-refractivity contribution >= 4 is 12.0 Å². The average molecular weight is 284 g/mol. The van der Waals surface area contributed by atoms with Crippen LogP contribution in [0.1, 0.15) is 39.5 Å². The largest absolute Gasteiger partial charge is 0.481 e. The maximum absolute atomic E-state index is 12.4. The van der Waals surface area contributed by atoms with Gasteiger partial charge in [-0.2, -0.15) is 0 Å². The molecule has 6 heteroatoms. The maximum Gasteiger partial charge on any atom is 0.318 e. The van der Waals surface area contributed by atoms with Gasteiger partial charge in [-0.05, 0) is 26.7 Å². The summed E-state index contributed by atoms with van der Waals surface area (Å²) in [7, 11) is 0. The zero-order valence-electron chi connectivity index (χ0n) is 12.2. The van der Waals surface area contributed by atoms with E-state index in [4.69, 9.17) is 4.74 Å². The van der Waals surface area contributed by atoms with E-state index in [0.29, 0.717) is 26.2 Å². The van der Waals surface area contributed by atoms with E-state index in [0.717, 1.165) is 19.3 Å². The number of hydrogen-bond acceptors (Lipinski definition) is 3. The molecule has 2 amide bonds. The van der Waals surface area contributed by atoms with Gasteiger partial charge in [0.25, 0.3) is 0 Å². The van der Waals surface area contributed by atoms with Crippen LogP contribution < -0.4 is 5.32 Å². The van der Waals surface area contributed by atoms with Crippen molar-refractivity contribution in [3.63, 3.8) is 0 Å². The van der Waals surface area contributed by atoms with Gasteiger partial charge in [-0.3, -0.25) is 4.79 Å². The van der Waals surface area contributed by atoms with Gasteiger partial charge in [-0.15, -0.1) is 0 Å².